The molecule has 2 aromatic rings. The average molecular weight is 529 g/mol. The fourth-order valence-corrected chi connectivity index (χ4v) is 4.31. The smallest absolute Gasteiger partial charge is 0.389 e. The van der Waals surface area contributed by atoms with Crippen LogP contribution in [0.2, 0.25) is 0 Å². The quantitative estimate of drug-likeness (QED) is 0.571. The third kappa shape index (κ3) is 5.70. The number of hydrogen-bond acceptors (Lipinski definition) is 5. The number of ketones is 1. The van der Waals surface area contributed by atoms with Crippen molar-refractivity contribution < 1.29 is 32.7 Å². The molecule has 0 radical (unpaired) electrons. The maximum atomic E-state index is 13.5. The largest absolute Gasteiger partial charge is 0.416 e. The number of hydrogen-bond donors (Lipinski definition) is 2. The van der Waals surface area contributed by atoms with E-state index in [1.807, 2.05) is 6.07 Å². The van der Waals surface area contributed by atoms with Crippen molar-refractivity contribution in [3.63, 3.8) is 0 Å². The number of carbonyl (C=O) groups is 3. The van der Waals surface area contributed by atoms with E-state index < -0.39 is 41.1 Å². The first-order chi connectivity index (χ1) is 17.6. The molecule has 200 valence electrons. The predicted octanol–water partition coefficient (Wildman–Crippen LogP) is 4.55. The number of benzene rings is 2. The van der Waals surface area contributed by atoms with E-state index in [-0.39, 0.29) is 40.2 Å². The Balaban J connectivity index is 2.21. The van der Waals surface area contributed by atoms with Gasteiger partial charge in [-0.05, 0) is 63.6 Å². The molecule has 0 fully saturated rings. The summed E-state index contributed by atoms with van der Waals surface area (Å²) in [5.41, 5.74) is -1.66. The first-order valence-corrected chi connectivity index (χ1v) is 11.6. The molecule has 3 rings (SSSR count). The van der Waals surface area contributed by atoms with Gasteiger partial charge in [-0.3, -0.25) is 14.5 Å². The van der Waals surface area contributed by atoms with Crippen molar-refractivity contribution in [2.24, 2.45) is 0 Å². The Morgan fingerprint density at radius 2 is 1.82 bits per heavy atom. The van der Waals surface area contributed by atoms with Crippen molar-refractivity contribution in [3.05, 3.63) is 76.0 Å². The van der Waals surface area contributed by atoms with Crippen LogP contribution in [0.3, 0.4) is 0 Å². The lowest BCUT2D eigenvalue weighted by atomic mass is 9.87. The highest BCUT2D eigenvalue weighted by atomic mass is 19.4. The third-order valence-electron chi connectivity index (χ3n) is 6.09. The van der Waals surface area contributed by atoms with Crippen LogP contribution in [0.25, 0.3) is 0 Å². The molecule has 1 unspecified atom stereocenters. The highest BCUT2D eigenvalue weighted by molar-refractivity contribution is 6.06. The Morgan fingerprint density at radius 1 is 1.16 bits per heavy atom. The SMILES string of the molecule is CC(=O)C1=C(C)N(c2cccc(C(F)(F)F)c2)C(=O)N(C)C1c1ccc(C#N)cc1C(=O)NCC(C)(C)O. The van der Waals surface area contributed by atoms with Crippen molar-refractivity contribution in [2.75, 3.05) is 18.5 Å². The second kappa shape index (κ2) is 10.3. The van der Waals surface area contributed by atoms with Crippen molar-refractivity contribution in [2.45, 2.75) is 45.5 Å². The van der Waals surface area contributed by atoms with E-state index in [9.17, 15) is 37.9 Å². The molecule has 2 N–H and O–H groups in total. The lowest BCUT2D eigenvalue weighted by Gasteiger charge is -2.41. The summed E-state index contributed by atoms with van der Waals surface area (Å²) in [6.07, 6.45) is -4.64. The molecule has 3 amide bonds. The number of allylic oxidation sites excluding steroid dienone is 1. The number of urea groups is 1. The minimum atomic E-state index is -4.64. The van der Waals surface area contributed by atoms with Gasteiger partial charge < -0.3 is 15.3 Å². The molecule has 0 aromatic heterocycles. The number of rotatable bonds is 6. The monoisotopic (exact) mass is 528 g/mol. The highest BCUT2D eigenvalue weighted by Crippen LogP contribution is 2.41. The number of nitriles is 1. The van der Waals surface area contributed by atoms with E-state index >= 15 is 0 Å². The van der Waals surface area contributed by atoms with Crippen LogP contribution in [0.4, 0.5) is 23.7 Å². The summed E-state index contributed by atoms with van der Waals surface area (Å²) in [5.74, 6) is -1.10. The Bertz CT molecular complexity index is 1370. The van der Waals surface area contributed by atoms with Gasteiger partial charge in [0.2, 0.25) is 0 Å². The molecule has 1 atom stereocenters. The van der Waals surface area contributed by atoms with Gasteiger partial charge in [-0.2, -0.15) is 18.4 Å². The van der Waals surface area contributed by atoms with Crippen molar-refractivity contribution in [3.8, 4) is 6.07 Å². The second-order valence-corrected chi connectivity index (χ2v) is 9.64. The molecule has 1 aliphatic heterocycles. The fraction of sp³-hybridized carbons (Fsp3) is 0.333. The van der Waals surface area contributed by atoms with Gasteiger partial charge in [0.1, 0.15) is 0 Å². The first kappa shape index (κ1) is 28.4. The van der Waals surface area contributed by atoms with Gasteiger partial charge in [-0.15, -0.1) is 0 Å². The number of amides is 3. The lowest BCUT2D eigenvalue weighted by Crippen LogP contribution is -2.49. The van der Waals surface area contributed by atoms with E-state index in [1.54, 1.807) is 0 Å². The molecule has 2 aromatic carbocycles. The van der Waals surface area contributed by atoms with Crippen LogP contribution in [0.15, 0.2) is 53.7 Å². The van der Waals surface area contributed by atoms with Crippen LogP contribution in [0.1, 0.15) is 60.8 Å². The number of halogens is 3. The fourth-order valence-electron chi connectivity index (χ4n) is 4.31. The maximum Gasteiger partial charge on any atom is 0.416 e. The summed E-state index contributed by atoms with van der Waals surface area (Å²) >= 11 is 0. The number of nitrogens with one attached hydrogen (secondary N) is 1. The molecule has 0 bridgehead atoms. The van der Waals surface area contributed by atoms with E-state index in [4.69, 9.17) is 0 Å². The zero-order chi connectivity index (χ0) is 28.6. The molecule has 0 saturated heterocycles. The molecular formula is C27H27F3N4O4. The number of likely N-dealkylation sites (N-methyl/N-ethyl adjacent to an activating group) is 1. The number of Topliss-reactive ketones (excluding diaryl/α,β-unsaturated/α-hetero) is 1. The topological polar surface area (TPSA) is 114 Å². The van der Waals surface area contributed by atoms with Crippen molar-refractivity contribution >= 4 is 23.4 Å². The Hall–Kier alpha value is -4.17. The summed E-state index contributed by atoms with van der Waals surface area (Å²) in [5, 5.41) is 22.0. The first-order valence-electron chi connectivity index (χ1n) is 11.6. The summed E-state index contributed by atoms with van der Waals surface area (Å²) in [6.45, 7) is 5.59. The molecule has 8 nitrogen and oxygen atoms in total. The van der Waals surface area contributed by atoms with Gasteiger partial charge in [0.25, 0.3) is 5.91 Å². The third-order valence-corrected chi connectivity index (χ3v) is 6.09. The Kier molecular flexibility index (Phi) is 7.70. The highest BCUT2D eigenvalue weighted by Gasteiger charge is 2.41. The van der Waals surface area contributed by atoms with Crippen LogP contribution in [-0.4, -0.2) is 46.9 Å². The number of aliphatic hydroxyl groups is 1. The zero-order valence-corrected chi connectivity index (χ0v) is 21.5. The lowest BCUT2D eigenvalue weighted by molar-refractivity contribution is -0.137. The van der Waals surface area contributed by atoms with Crippen LogP contribution in [0.5, 0.6) is 0 Å². The normalized spacial score (nSPS) is 16.4. The maximum absolute atomic E-state index is 13.5. The van der Waals surface area contributed by atoms with E-state index in [0.29, 0.717) is 0 Å². The number of anilines is 1. The second-order valence-electron chi connectivity index (χ2n) is 9.64. The van der Waals surface area contributed by atoms with Gasteiger partial charge >= 0.3 is 12.2 Å². The summed E-state index contributed by atoms with van der Waals surface area (Å²) in [6, 6.07) is 8.58. The summed E-state index contributed by atoms with van der Waals surface area (Å²) in [7, 11) is 1.37. The van der Waals surface area contributed by atoms with E-state index in [2.05, 4.69) is 5.32 Å². The van der Waals surface area contributed by atoms with Gasteiger partial charge in [0.15, 0.2) is 5.78 Å². The minimum Gasteiger partial charge on any atom is -0.389 e. The van der Waals surface area contributed by atoms with Gasteiger partial charge in [0, 0.05) is 30.4 Å². The summed E-state index contributed by atoms with van der Waals surface area (Å²) in [4.78, 5) is 41.8. The van der Waals surface area contributed by atoms with E-state index in [0.717, 1.165) is 21.9 Å². The number of nitrogens with zero attached hydrogens (tertiary/aromatic N) is 3. The van der Waals surface area contributed by atoms with Gasteiger partial charge in [-0.25, -0.2) is 4.79 Å². The standard InChI is InChI=1S/C27H27F3N4O4/c1-15-22(16(2)35)23(20-10-9-17(13-31)11-21(20)24(36)32-14-26(3,4)38)33(5)25(37)34(15)19-8-6-7-18(12-19)27(28,29)30/h6-12,23,38H,14H2,1-5H3,(H,32,36). The molecule has 0 saturated carbocycles. The molecule has 0 spiro atoms. The van der Waals surface area contributed by atoms with Crippen molar-refractivity contribution in [1.82, 2.24) is 10.2 Å². The van der Waals surface area contributed by atoms with Crippen LogP contribution in [-0.2, 0) is 11.0 Å². The zero-order valence-electron chi connectivity index (χ0n) is 21.5. The van der Waals surface area contributed by atoms with E-state index in [1.165, 1.54) is 65.1 Å². The minimum absolute atomic E-state index is 0.0111. The average Bonchev–Trinajstić information content (AvgIpc) is 2.83. The molecule has 0 aliphatic carbocycles. The summed E-state index contributed by atoms with van der Waals surface area (Å²) < 4.78 is 40.1. The van der Waals surface area contributed by atoms with Crippen LogP contribution in [0, 0.1) is 11.3 Å². The van der Waals surface area contributed by atoms with Crippen LogP contribution >= 0.6 is 0 Å². The predicted molar refractivity (Wildman–Crippen MR) is 133 cm³/mol. The molecule has 1 aliphatic rings. The van der Waals surface area contributed by atoms with Crippen molar-refractivity contribution in [1.29, 1.82) is 5.26 Å². The van der Waals surface area contributed by atoms with Crippen LogP contribution < -0.4 is 10.2 Å². The number of carbonyl (C=O) groups excluding carboxylic acids is 3. The molecule has 11 heteroatoms. The molecule has 38 heavy (non-hydrogen) atoms. The molecule has 1 heterocycles. The molecular weight excluding hydrogens is 501 g/mol. The van der Waals surface area contributed by atoms with Gasteiger partial charge in [0.05, 0.1) is 34.5 Å². The number of alkyl halides is 3. The van der Waals surface area contributed by atoms with Gasteiger partial charge in [-0.1, -0.05) is 12.1 Å². The Morgan fingerprint density at radius 3 is 2.37 bits per heavy atom. The Labute approximate surface area is 218 Å².